The van der Waals surface area contributed by atoms with E-state index in [1.807, 2.05) is 13.1 Å². The average molecular weight is 363 g/mol. The zero-order valence-electron chi connectivity index (χ0n) is 15.2. The maximum Gasteiger partial charge on any atom is 0.215 e. The number of rotatable bonds is 2. The number of aliphatic hydroxyl groups is 2. The molecular weight excluding hydrogens is 338 g/mol. The summed E-state index contributed by atoms with van der Waals surface area (Å²) in [4.78, 5) is 2.13. The summed E-state index contributed by atoms with van der Waals surface area (Å²) < 4.78 is 17.1. The molecule has 2 aliphatic carbocycles. The lowest BCUT2D eigenvalue weighted by Gasteiger charge is -2.60. The fourth-order valence-corrected chi connectivity index (χ4v) is 6.61. The molecule has 0 aromatic heterocycles. The van der Waals surface area contributed by atoms with Crippen LogP contribution in [0, 0.1) is 0 Å². The SMILES string of the molecule is COc1ccc2c(c1O)C13CCN(C)C14C[C@@H]2O[C@@]4(O)[C@@H](OC)C(O)C3. The third-order valence-corrected chi connectivity index (χ3v) is 7.48. The number of phenols is 1. The van der Waals surface area contributed by atoms with Gasteiger partial charge < -0.3 is 29.5 Å². The number of benzene rings is 1. The van der Waals surface area contributed by atoms with E-state index in [4.69, 9.17) is 14.2 Å². The van der Waals surface area contributed by atoms with Gasteiger partial charge in [-0.2, -0.15) is 0 Å². The summed E-state index contributed by atoms with van der Waals surface area (Å²) in [6.07, 6.45) is -0.418. The molecule has 5 rings (SSSR count). The predicted molar refractivity (Wildman–Crippen MR) is 91.1 cm³/mol. The Balaban J connectivity index is 1.86. The minimum Gasteiger partial charge on any atom is -0.504 e. The van der Waals surface area contributed by atoms with Crippen molar-refractivity contribution in [3.63, 3.8) is 0 Å². The van der Waals surface area contributed by atoms with Gasteiger partial charge in [0, 0.05) is 24.5 Å². The molecule has 2 saturated heterocycles. The van der Waals surface area contributed by atoms with Crippen LogP contribution in [-0.4, -0.2) is 71.6 Å². The number of nitrogens with zero attached hydrogens (tertiary/aromatic N) is 1. The van der Waals surface area contributed by atoms with Gasteiger partial charge in [0.2, 0.25) is 5.79 Å². The lowest BCUT2D eigenvalue weighted by atomic mass is 9.50. The van der Waals surface area contributed by atoms with Crippen LogP contribution in [-0.2, 0) is 14.9 Å². The molecule has 6 atom stereocenters. The molecule has 3 unspecified atom stereocenters. The fourth-order valence-electron chi connectivity index (χ4n) is 6.61. The summed E-state index contributed by atoms with van der Waals surface area (Å²) in [6.45, 7) is 0.734. The molecule has 0 radical (unpaired) electrons. The average Bonchev–Trinajstić information content (AvgIpc) is 3.07. The van der Waals surface area contributed by atoms with Crippen molar-refractivity contribution in [3.05, 3.63) is 23.3 Å². The van der Waals surface area contributed by atoms with Gasteiger partial charge in [-0.25, -0.2) is 0 Å². The van der Waals surface area contributed by atoms with Crippen LogP contribution in [0.15, 0.2) is 12.1 Å². The molecule has 0 amide bonds. The number of ether oxygens (including phenoxy) is 3. The van der Waals surface area contributed by atoms with Gasteiger partial charge in [-0.3, -0.25) is 4.90 Å². The summed E-state index contributed by atoms with van der Waals surface area (Å²) >= 11 is 0. The highest BCUT2D eigenvalue weighted by Crippen LogP contribution is 2.72. The molecule has 26 heavy (non-hydrogen) atoms. The van der Waals surface area contributed by atoms with Crippen molar-refractivity contribution in [1.82, 2.24) is 4.90 Å². The molecule has 1 aromatic rings. The summed E-state index contributed by atoms with van der Waals surface area (Å²) in [5.74, 6) is -1.17. The second kappa shape index (κ2) is 4.91. The van der Waals surface area contributed by atoms with Crippen molar-refractivity contribution < 1.29 is 29.5 Å². The van der Waals surface area contributed by atoms with Crippen LogP contribution in [0.25, 0.3) is 0 Å². The first-order valence-corrected chi connectivity index (χ1v) is 9.09. The zero-order chi connectivity index (χ0) is 18.5. The number of phenolic OH excluding ortho intramolecular Hbond substituents is 1. The Morgan fingerprint density at radius 3 is 2.73 bits per heavy atom. The van der Waals surface area contributed by atoms with Crippen molar-refractivity contribution >= 4 is 0 Å². The van der Waals surface area contributed by atoms with Gasteiger partial charge >= 0.3 is 0 Å². The highest BCUT2D eigenvalue weighted by molar-refractivity contribution is 5.60. The van der Waals surface area contributed by atoms with Crippen LogP contribution >= 0.6 is 0 Å². The van der Waals surface area contributed by atoms with Gasteiger partial charge in [0.15, 0.2) is 11.5 Å². The summed E-state index contributed by atoms with van der Waals surface area (Å²) in [5, 5.41) is 33.7. The number of fused-ring (bicyclic) bond motifs is 3. The molecule has 1 aromatic carbocycles. The highest BCUT2D eigenvalue weighted by Gasteiger charge is 2.81. The molecule has 7 nitrogen and oxygen atoms in total. The normalized spacial score (nSPS) is 46.1. The van der Waals surface area contributed by atoms with Crippen LogP contribution in [0.4, 0.5) is 0 Å². The van der Waals surface area contributed by atoms with Gasteiger partial charge in [-0.1, -0.05) is 6.07 Å². The molecule has 1 saturated carbocycles. The first kappa shape index (κ1) is 16.8. The molecule has 2 bridgehead atoms. The molecule has 2 aliphatic heterocycles. The maximum absolute atomic E-state index is 11.8. The number of hydrogen-bond acceptors (Lipinski definition) is 7. The first-order valence-electron chi connectivity index (χ1n) is 9.09. The van der Waals surface area contributed by atoms with E-state index in [1.54, 1.807) is 6.07 Å². The highest BCUT2D eigenvalue weighted by atomic mass is 16.7. The fraction of sp³-hybridized carbons (Fsp3) is 0.684. The van der Waals surface area contributed by atoms with Gasteiger partial charge in [-0.15, -0.1) is 0 Å². The van der Waals surface area contributed by atoms with Crippen molar-refractivity contribution in [2.45, 2.75) is 54.3 Å². The minimum absolute atomic E-state index is 0.0882. The Kier molecular flexibility index (Phi) is 3.17. The third-order valence-electron chi connectivity index (χ3n) is 7.48. The predicted octanol–water partition coefficient (Wildman–Crippen LogP) is 0.656. The van der Waals surface area contributed by atoms with E-state index in [0.717, 1.165) is 17.7 Å². The number of likely N-dealkylation sites (tertiary alicyclic amines) is 1. The molecule has 7 heteroatoms. The monoisotopic (exact) mass is 363 g/mol. The third kappa shape index (κ3) is 1.48. The summed E-state index contributed by atoms with van der Waals surface area (Å²) in [5.41, 5.74) is 0.226. The van der Waals surface area contributed by atoms with Crippen molar-refractivity contribution in [2.75, 3.05) is 27.8 Å². The molecule has 4 aliphatic rings. The topological polar surface area (TPSA) is 91.6 Å². The van der Waals surface area contributed by atoms with Gasteiger partial charge in [0.1, 0.15) is 6.10 Å². The Morgan fingerprint density at radius 2 is 2.04 bits per heavy atom. The van der Waals surface area contributed by atoms with E-state index in [9.17, 15) is 15.3 Å². The number of aromatic hydroxyl groups is 1. The van der Waals surface area contributed by atoms with Crippen molar-refractivity contribution in [3.8, 4) is 11.5 Å². The van der Waals surface area contributed by atoms with Crippen LogP contribution in [0.2, 0.25) is 0 Å². The number of hydrogen-bond donors (Lipinski definition) is 3. The Bertz CT molecular complexity index is 786. The van der Waals surface area contributed by atoms with Crippen molar-refractivity contribution in [2.24, 2.45) is 0 Å². The van der Waals surface area contributed by atoms with E-state index in [2.05, 4.69) is 4.90 Å². The van der Waals surface area contributed by atoms with Gasteiger partial charge in [-0.05, 0) is 38.1 Å². The van der Waals surface area contributed by atoms with Crippen LogP contribution < -0.4 is 4.74 Å². The maximum atomic E-state index is 11.8. The van der Waals surface area contributed by atoms with E-state index < -0.39 is 28.9 Å². The molecule has 3 N–H and O–H groups in total. The number of aliphatic hydroxyl groups excluding tert-OH is 1. The largest absolute Gasteiger partial charge is 0.504 e. The zero-order valence-corrected chi connectivity index (χ0v) is 15.2. The second-order valence-corrected chi connectivity index (χ2v) is 8.13. The minimum atomic E-state index is -1.66. The van der Waals surface area contributed by atoms with Crippen LogP contribution in [0.1, 0.15) is 36.5 Å². The van der Waals surface area contributed by atoms with Gasteiger partial charge in [0.25, 0.3) is 0 Å². The van der Waals surface area contributed by atoms with Crippen LogP contribution in [0.3, 0.4) is 0 Å². The molecule has 142 valence electrons. The molecular formula is C19H25NO6. The second-order valence-electron chi connectivity index (χ2n) is 8.13. The van der Waals surface area contributed by atoms with Crippen LogP contribution in [0.5, 0.6) is 11.5 Å². The number of likely N-dealkylation sites (N-methyl/N-ethyl adjacent to an activating group) is 1. The molecule has 2 heterocycles. The van der Waals surface area contributed by atoms with Crippen molar-refractivity contribution in [1.29, 1.82) is 0 Å². The van der Waals surface area contributed by atoms with Gasteiger partial charge in [0.05, 0.1) is 24.9 Å². The standard InChI is InChI=1S/C19H25NO6/c1-20-7-6-17-8-11(21)16(25-3)19(23)18(17,20)9-13(26-19)10-4-5-12(24-2)15(22)14(10)17/h4-5,11,13,16,21-23H,6-9H2,1-3H3/t11?,13-,16-,17?,18?,19-/m0/s1. The lowest BCUT2D eigenvalue weighted by molar-refractivity contribution is -0.328. The molecule has 3 fully saturated rings. The smallest absolute Gasteiger partial charge is 0.215 e. The number of methoxy groups -OCH3 is 2. The first-order chi connectivity index (χ1) is 12.4. The Morgan fingerprint density at radius 1 is 1.27 bits per heavy atom. The molecule has 1 spiro atoms. The quantitative estimate of drug-likeness (QED) is 0.711. The summed E-state index contributed by atoms with van der Waals surface area (Å²) in [6, 6.07) is 3.64. The van der Waals surface area contributed by atoms with E-state index in [1.165, 1.54) is 14.2 Å². The van der Waals surface area contributed by atoms with E-state index in [-0.39, 0.29) is 11.9 Å². The Hall–Kier alpha value is -1.38. The Labute approximate surface area is 152 Å². The lowest BCUT2D eigenvalue weighted by Crippen LogP contribution is -2.77. The summed E-state index contributed by atoms with van der Waals surface area (Å²) in [7, 11) is 4.99. The van der Waals surface area contributed by atoms with E-state index in [0.29, 0.717) is 25.0 Å². The van der Waals surface area contributed by atoms with E-state index >= 15 is 0 Å².